The minimum Gasteiger partial charge on any atom is -0.481 e. The fourth-order valence-electron chi connectivity index (χ4n) is 4.51. The number of nitrogens with one attached hydrogen (secondary N) is 1. The Morgan fingerprint density at radius 1 is 0.469 bits per heavy atom. The maximum absolute atomic E-state index is 10.4. The zero-order valence-corrected chi connectivity index (χ0v) is 21.9. The summed E-state index contributed by atoms with van der Waals surface area (Å²) in [7, 11) is 0. The molecular weight excluding hydrogens is 394 g/mol. The van der Waals surface area contributed by atoms with Gasteiger partial charge in [0.15, 0.2) is 0 Å². The van der Waals surface area contributed by atoms with E-state index in [1.165, 1.54) is 154 Å². The summed E-state index contributed by atoms with van der Waals surface area (Å²) in [5, 5.41) is 12.2. The molecule has 0 aliphatic carbocycles. The molecule has 3 heteroatoms. The molecule has 0 aliphatic heterocycles. The zero-order valence-electron chi connectivity index (χ0n) is 21.9. The maximum atomic E-state index is 10.4. The van der Waals surface area contributed by atoms with Crippen molar-refractivity contribution in [2.75, 3.05) is 13.1 Å². The highest BCUT2D eigenvalue weighted by molar-refractivity contribution is 5.66. The van der Waals surface area contributed by atoms with Gasteiger partial charge in [0.1, 0.15) is 0 Å². The van der Waals surface area contributed by atoms with Crippen LogP contribution >= 0.6 is 0 Å². The molecule has 3 nitrogen and oxygen atoms in total. The van der Waals surface area contributed by atoms with Crippen LogP contribution in [0.4, 0.5) is 0 Å². The Balaban J connectivity index is 3.00. The molecule has 0 rings (SSSR count). The standard InChI is InChI=1S/C29H59NO2/c1-2-3-4-21-24-27-30-28-25-22-19-17-15-13-11-9-7-5-6-8-10-12-14-16-18-20-23-26-29(31)32/h30H,2-28H2,1H3,(H,31,32). The average Bonchev–Trinajstić information content (AvgIpc) is 2.78. The van der Waals surface area contributed by atoms with Crippen molar-refractivity contribution in [1.82, 2.24) is 5.32 Å². The van der Waals surface area contributed by atoms with Crippen LogP contribution in [-0.4, -0.2) is 24.2 Å². The molecule has 0 bridgehead atoms. The molecule has 0 fully saturated rings. The number of carboxylic acid groups (broad SMARTS) is 1. The fourth-order valence-corrected chi connectivity index (χ4v) is 4.51. The molecule has 0 aromatic heterocycles. The largest absolute Gasteiger partial charge is 0.481 e. The first-order chi connectivity index (χ1) is 15.8. The van der Waals surface area contributed by atoms with E-state index in [1.54, 1.807) is 0 Å². The van der Waals surface area contributed by atoms with Gasteiger partial charge in [0.05, 0.1) is 0 Å². The molecule has 0 saturated carbocycles. The highest BCUT2D eigenvalue weighted by Crippen LogP contribution is 2.14. The van der Waals surface area contributed by atoms with Gasteiger partial charge in [0.2, 0.25) is 0 Å². The Kier molecular flexibility index (Phi) is 28.0. The molecule has 0 unspecified atom stereocenters. The van der Waals surface area contributed by atoms with Gasteiger partial charge in [-0.25, -0.2) is 0 Å². The number of carboxylic acids is 1. The van der Waals surface area contributed by atoms with Gasteiger partial charge >= 0.3 is 5.97 Å². The lowest BCUT2D eigenvalue weighted by molar-refractivity contribution is -0.137. The van der Waals surface area contributed by atoms with Crippen molar-refractivity contribution in [2.45, 2.75) is 167 Å². The normalized spacial score (nSPS) is 11.3. The van der Waals surface area contributed by atoms with Gasteiger partial charge in [-0.3, -0.25) is 4.79 Å². The minimum absolute atomic E-state index is 0.345. The molecule has 0 radical (unpaired) electrons. The zero-order chi connectivity index (χ0) is 23.4. The van der Waals surface area contributed by atoms with Crippen molar-refractivity contribution in [3.63, 3.8) is 0 Å². The van der Waals surface area contributed by atoms with E-state index in [0.29, 0.717) is 6.42 Å². The molecule has 0 saturated heterocycles. The van der Waals surface area contributed by atoms with Crippen molar-refractivity contribution in [3.8, 4) is 0 Å². The number of rotatable bonds is 28. The molecule has 0 aromatic rings. The lowest BCUT2D eigenvalue weighted by Gasteiger charge is -2.05. The Morgan fingerprint density at radius 3 is 1.06 bits per heavy atom. The first kappa shape index (κ1) is 31.4. The van der Waals surface area contributed by atoms with Crippen molar-refractivity contribution >= 4 is 5.97 Å². The number of aliphatic carboxylic acids is 1. The van der Waals surface area contributed by atoms with Gasteiger partial charge in [-0.1, -0.05) is 142 Å². The highest BCUT2D eigenvalue weighted by atomic mass is 16.4. The van der Waals surface area contributed by atoms with Gasteiger partial charge in [0.25, 0.3) is 0 Å². The smallest absolute Gasteiger partial charge is 0.303 e. The van der Waals surface area contributed by atoms with E-state index in [2.05, 4.69) is 12.2 Å². The van der Waals surface area contributed by atoms with E-state index in [9.17, 15) is 4.79 Å². The fraction of sp³-hybridized carbons (Fsp3) is 0.966. The lowest BCUT2D eigenvalue weighted by Crippen LogP contribution is -2.16. The van der Waals surface area contributed by atoms with Gasteiger partial charge in [-0.05, 0) is 32.4 Å². The lowest BCUT2D eigenvalue weighted by atomic mass is 10.0. The molecule has 0 aliphatic rings. The Hall–Kier alpha value is -0.570. The molecule has 0 amide bonds. The monoisotopic (exact) mass is 453 g/mol. The molecule has 0 aromatic carbocycles. The predicted molar refractivity (Wildman–Crippen MR) is 142 cm³/mol. The van der Waals surface area contributed by atoms with Gasteiger partial charge in [0, 0.05) is 6.42 Å². The SMILES string of the molecule is CCCCCCCNCCCCCCCCCCCCCCCCCCCCCC(=O)O. The van der Waals surface area contributed by atoms with E-state index in [1.807, 2.05) is 0 Å². The van der Waals surface area contributed by atoms with E-state index in [-0.39, 0.29) is 0 Å². The molecule has 2 N–H and O–H groups in total. The third kappa shape index (κ3) is 29.4. The van der Waals surface area contributed by atoms with Crippen LogP contribution in [0.3, 0.4) is 0 Å². The highest BCUT2D eigenvalue weighted by Gasteiger charge is 1.97. The van der Waals surface area contributed by atoms with E-state index in [0.717, 1.165) is 12.8 Å². The molecule has 0 heterocycles. The first-order valence-electron chi connectivity index (χ1n) is 14.7. The molecule has 0 atom stereocenters. The van der Waals surface area contributed by atoms with Crippen molar-refractivity contribution in [2.24, 2.45) is 0 Å². The van der Waals surface area contributed by atoms with Crippen molar-refractivity contribution in [3.05, 3.63) is 0 Å². The topological polar surface area (TPSA) is 49.3 Å². The minimum atomic E-state index is -0.650. The summed E-state index contributed by atoms with van der Waals surface area (Å²) >= 11 is 0. The van der Waals surface area contributed by atoms with Crippen LogP contribution in [0.15, 0.2) is 0 Å². The Labute approximate surface area is 201 Å². The Morgan fingerprint density at radius 2 is 0.750 bits per heavy atom. The van der Waals surface area contributed by atoms with Gasteiger partial charge in [-0.2, -0.15) is 0 Å². The second-order valence-electron chi connectivity index (χ2n) is 10.0. The van der Waals surface area contributed by atoms with Crippen LogP contribution in [0.5, 0.6) is 0 Å². The number of carbonyl (C=O) groups is 1. The van der Waals surface area contributed by atoms with Crippen LogP contribution in [0, 0.1) is 0 Å². The van der Waals surface area contributed by atoms with Crippen LogP contribution in [0.25, 0.3) is 0 Å². The summed E-state index contributed by atoms with van der Waals surface area (Å²) in [5.41, 5.74) is 0. The molecule has 32 heavy (non-hydrogen) atoms. The van der Waals surface area contributed by atoms with Crippen LogP contribution < -0.4 is 5.32 Å². The van der Waals surface area contributed by atoms with Crippen LogP contribution in [0.1, 0.15) is 167 Å². The van der Waals surface area contributed by atoms with Crippen LogP contribution in [-0.2, 0) is 4.79 Å². The molecule has 192 valence electrons. The van der Waals surface area contributed by atoms with Crippen LogP contribution in [0.2, 0.25) is 0 Å². The van der Waals surface area contributed by atoms with Crippen molar-refractivity contribution < 1.29 is 9.90 Å². The predicted octanol–water partition coefficient (Wildman–Crippen LogP) is 9.43. The third-order valence-corrected chi connectivity index (χ3v) is 6.70. The second-order valence-corrected chi connectivity index (χ2v) is 10.0. The third-order valence-electron chi connectivity index (χ3n) is 6.70. The van der Waals surface area contributed by atoms with E-state index < -0.39 is 5.97 Å². The maximum Gasteiger partial charge on any atom is 0.303 e. The van der Waals surface area contributed by atoms with E-state index >= 15 is 0 Å². The molecule has 0 spiro atoms. The summed E-state index contributed by atoms with van der Waals surface area (Å²) in [6.07, 6.45) is 32.9. The summed E-state index contributed by atoms with van der Waals surface area (Å²) < 4.78 is 0. The van der Waals surface area contributed by atoms with Crippen molar-refractivity contribution in [1.29, 1.82) is 0 Å². The van der Waals surface area contributed by atoms with E-state index in [4.69, 9.17) is 5.11 Å². The second kappa shape index (κ2) is 28.5. The quantitative estimate of drug-likeness (QED) is 0.116. The summed E-state index contributed by atoms with van der Waals surface area (Å²) in [5.74, 6) is -0.650. The average molecular weight is 454 g/mol. The molecular formula is C29H59NO2. The van der Waals surface area contributed by atoms with Gasteiger partial charge in [-0.15, -0.1) is 0 Å². The number of hydrogen-bond donors (Lipinski definition) is 2. The first-order valence-corrected chi connectivity index (χ1v) is 14.7. The summed E-state index contributed by atoms with van der Waals surface area (Å²) in [6, 6.07) is 0. The summed E-state index contributed by atoms with van der Waals surface area (Å²) in [6.45, 7) is 4.73. The Bertz CT molecular complexity index is 359. The summed E-state index contributed by atoms with van der Waals surface area (Å²) in [4.78, 5) is 10.4. The van der Waals surface area contributed by atoms with Gasteiger partial charge < -0.3 is 10.4 Å². The number of unbranched alkanes of at least 4 members (excludes halogenated alkanes) is 22. The number of hydrogen-bond acceptors (Lipinski definition) is 2.